The van der Waals surface area contributed by atoms with Crippen LogP contribution in [-0.2, 0) is 11.2 Å². The molecule has 4 heteroatoms. The Labute approximate surface area is 128 Å². The molecule has 1 aliphatic rings. The third kappa shape index (κ3) is 3.92. The summed E-state index contributed by atoms with van der Waals surface area (Å²) in [6.45, 7) is 7.14. The lowest BCUT2D eigenvalue weighted by molar-refractivity contribution is 0.0585. The van der Waals surface area contributed by atoms with Crippen LogP contribution >= 0.6 is 22.6 Å². The summed E-state index contributed by atoms with van der Waals surface area (Å²) in [5.41, 5.74) is 2.03. The van der Waals surface area contributed by atoms with Gasteiger partial charge >= 0.3 is 0 Å². The standard InChI is InChI=1S/C15H20INO2/c1-11(2)10-19-8-7-17-6-5-12-3-4-13(16)9-14(12)15(17)18/h3-4,9,11H,5-8,10H2,1-2H3. The van der Waals surface area contributed by atoms with Gasteiger partial charge in [0.25, 0.3) is 5.91 Å². The summed E-state index contributed by atoms with van der Waals surface area (Å²) < 4.78 is 6.68. The molecule has 1 aliphatic heterocycles. The Morgan fingerprint density at radius 1 is 1.42 bits per heavy atom. The van der Waals surface area contributed by atoms with E-state index in [9.17, 15) is 4.79 Å². The summed E-state index contributed by atoms with van der Waals surface area (Å²) in [6, 6.07) is 6.12. The molecular weight excluding hydrogens is 353 g/mol. The monoisotopic (exact) mass is 373 g/mol. The maximum atomic E-state index is 12.4. The van der Waals surface area contributed by atoms with Gasteiger partial charge in [-0.05, 0) is 52.6 Å². The van der Waals surface area contributed by atoms with Crippen molar-refractivity contribution in [3.63, 3.8) is 0 Å². The van der Waals surface area contributed by atoms with Crippen molar-refractivity contribution in [2.24, 2.45) is 5.92 Å². The molecule has 19 heavy (non-hydrogen) atoms. The van der Waals surface area contributed by atoms with Crippen LogP contribution in [0.1, 0.15) is 29.8 Å². The number of carbonyl (C=O) groups excluding carboxylic acids is 1. The third-order valence-corrected chi connectivity index (χ3v) is 3.87. The van der Waals surface area contributed by atoms with Gasteiger partial charge < -0.3 is 9.64 Å². The van der Waals surface area contributed by atoms with E-state index in [0.717, 1.165) is 28.7 Å². The molecule has 0 saturated heterocycles. The van der Waals surface area contributed by atoms with Gasteiger partial charge in [-0.15, -0.1) is 0 Å². The fourth-order valence-electron chi connectivity index (χ4n) is 2.20. The smallest absolute Gasteiger partial charge is 0.254 e. The first-order valence-corrected chi connectivity index (χ1v) is 7.81. The van der Waals surface area contributed by atoms with Gasteiger partial charge in [-0.1, -0.05) is 19.9 Å². The summed E-state index contributed by atoms with van der Waals surface area (Å²) in [5, 5.41) is 0. The molecule has 0 N–H and O–H groups in total. The number of ether oxygens (including phenoxy) is 1. The lowest BCUT2D eigenvalue weighted by atomic mass is 9.99. The Morgan fingerprint density at radius 2 is 2.21 bits per heavy atom. The predicted molar refractivity (Wildman–Crippen MR) is 84.4 cm³/mol. The van der Waals surface area contributed by atoms with E-state index < -0.39 is 0 Å². The highest BCUT2D eigenvalue weighted by atomic mass is 127. The topological polar surface area (TPSA) is 29.5 Å². The van der Waals surface area contributed by atoms with E-state index >= 15 is 0 Å². The molecule has 1 amide bonds. The van der Waals surface area contributed by atoms with E-state index in [0.29, 0.717) is 19.1 Å². The van der Waals surface area contributed by atoms with Crippen LogP contribution in [0.4, 0.5) is 0 Å². The van der Waals surface area contributed by atoms with E-state index in [2.05, 4.69) is 48.6 Å². The highest BCUT2D eigenvalue weighted by molar-refractivity contribution is 14.1. The molecule has 0 radical (unpaired) electrons. The maximum absolute atomic E-state index is 12.4. The van der Waals surface area contributed by atoms with Crippen molar-refractivity contribution in [1.29, 1.82) is 0 Å². The number of fused-ring (bicyclic) bond motifs is 1. The van der Waals surface area contributed by atoms with Gasteiger partial charge in [0, 0.05) is 28.8 Å². The molecule has 0 aliphatic carbocycles. The quantitative estimate of drug-likeness (QED) is 0.587. The molecule has 0 atom stereocenters. The van der Waals surface area contributed by atoms with Gasteiger partial charge in [-0.3, -0.25) is 4.79 Å². The second-order valence-corrected chi connectivity index (χ2v) is 6.56. The van der Waals surface area contributed by atoms with Gasteiger partial charge in [-0.25, -0.2) is 0 Å². The molecule has 0 saturated carbocycles. The normalized spacial score (nSPS) is 14.9. The first-order valence-electron chi connectivity index (χ1n) is 6.73. The molecule has 1 heterocycles. The molecule has 2 rings (SSSR count). The minimum Gasteiger partial charge on any atom is -0.379 e. The van der Waals surface area contributed by atoms with E-state index in [-0.39, 0.29) is 5.91 Å². The van der Waals surface area contributed by atoms with E-state index in [1.165, 1.54) is 5.56 Å². The molecule has 3 nitrogen and oxygen atoms in total. The van der Waals surface area contributed by atoms with Crippen molar-refractivity contribution in [3.8, 4) is 0 Å². The fraction of sp³-hybridized carbons (Fsp3) is 0.533. The zero-order valence-electron chi connectivity index (χ0n) is 11.5. The fourth-order valence-corrected chi connectivity index (χ4v) is 2.69. The van der Waals surface area contributed by atoms with E-state index in [1.54, 1.807) is 0 Å². The van der Waals surface area contributed by atoms with E-state index in [1.807, 2.05) is 11.0 Å². The average Bonchev–Trinajstić information content (AvgIpc) is 2.37. The predicted octanol–water partition coefficient (Wildman–Crippen LogP) is 2.96. The van der Waals surface area contributed by atoms with E-state index in [4.69, 9.17) is 4.74 Å². The van der Waals surface area contributed by atoms with Crippen LogP contribution in [0, 0.1) is 9.49 Å². The number of hydrogen-bond donors (Lipinski definition) is 0. The van der Waals surface area contributed by atoms with Gasteiger partial charge in [0.05, 0.1) is 6.61 Å². The number of benzene rings is 1. The van der Waals surface area contributed by atoms with Crippen LogP contribution in [0.25, 0.3) is 0 Å². The van der Waals surface area contributed by atoms with Crippen LogP contribution in [0.15, 0.2) is 18.2 Å². The number of nitrogens with zero attached hydrogens (tertiary/aromatic N) is 1. The van der Waals surface area contributed by atoms with Crippen molar-refractivity contribution >= 4 is 28.5 Å². The Hall–Kier alpha value is -0.620. The van der Waals surface area contributed by atoms with Crippen LogP contribution in [0.2, 0.25) is 0 Å². The third-order valence-electron chi connectivity index (χ3n) is 3.20. The molecular formula is C15H20INO2. The van der Waals surface area contributed by atoms with Gasteiger partial charge in [0.2, 0.25) is 0 Å². The zero-order chi connectivity index (χ0) is 13.8. The Balaban J connectivity index is 1.93. The number of halogens is 1. The number of hydrogen-bond acceptors (Lipinski definition) is 2. The van der Waals surface area contributed by atoms with Crippen molar-refractivity contribution in [2.75, 3.05) is 26.3 Å². The second kappa shape index (κ2) is 6.70. The SMILES string of the molecule is CC(C)COCCN1CCc2ccc(I)cc2C1=O. The molecule has 1 aromatic rings. The van der Waals surface area contributed by atoms with Crippen molar-refractivity contribution in [3.05, 3.63) is 32.9 Å². The summed E-state index contributed by atoms with van der Waals surface area (Å²) in [5.74, 6) is 0.687. The molecule has 0 bridgehead atoms. The Bertz CT molecular complexity index is 459. The molecule has 0 aromatic heterocycles. The van der Waals surface area contributed by atoms with Gasteiger partial charge in [0.15, 0.2) is 0 Å². The number of carbonyl (C=O) groups is 1. The van der Waals surface area contributed by atoms with Crippen molar-refractivity contribution < 1.29 is 9.53 Å². The van der Waals surface area contributed by atoms with Crippen LogP contribution in [0.5, 0.6) is 0 Å². The van der Waals surface area contributed by atoms with Crippen molar-refractivity contribution in [2.45, 2.75) is 20.3 Å². The highest BCUT2D eigenvalue weighted by Gasteiger charge is 2.23. The summed E-state index contributed by atoms with van der Waals surface area (Å²) >= 11 is 2.25. The minimum atomic E-state index is 0.146. The first kappa shape index (κ1) is 14.8. The second-order valence-electron chi connectivity index (χ2n) is 5.31. The number of rotatable bonds is 5. The molecule has 0 unspecified atom stereocenters. The highest BCUT2D eigenvalue weighted by Crippen LogP contribution is 2.21. The largest absolute Gasteiger partial charge is 0.379 e. The van der Waals surface area contributed by atoms with Crippen LogP contribution in [0.3, 0.4) is 0 Å². The Morgan fingerprint density at radius 3 is 2.95 bits per heavy atom. The number of amides is 1. The summed E-state index contributed by atoms with van der Waals surface area (Å²) in [7, 11) is 0. The van der Waals surface area contributed by atoms with Crippen molar-refractivity contribution in [1.82, 2.24) is 4.90 Å². The average molecular weight is 373 g/mol. The first-order chi connectivity index (χ1) is 9.08. The molecule has 0 spiro atoms. The van der Waals surface area contributed by atoms with Gasteiger partial charge in [0.1, 0.15) is 0 Å². The lowest BCUT2D eigenvalue weighted by Crippen LogP contribution is -2.39. The van der Waals surface area contributed by atoms with Crippen LogP contribution in [-0.4, -0.2) is 37.1 Å². The molecule has 0 fully saturated rings. The maximum Gasteiger partial charge on any atom is 0.254 e. The molecule has 104 valence electrons. The summed E-state index contributed by atoms with van der Waals surface area (Å²) in [6.07, 6.45) is 0.947. The van der Waals surface area contributed by atoms with Crippen LogP contribution < -0.4 is 0 Å². The lowest BCUT2D eigenvalue weighted by Gasteiger charge is -2.28. The minimum absolute atomic E-state index is 0.146. The zero-order valence-corrected chi connectivity index (χ0v) is 13.6. The summed E-state index contributed by atoms with van der Waals surface area (Å²) in [4.78, 5) is 14.3. The Kier molecular flexibility index (Phi) is 5.21. The van der Waals surface area contributed by atoms with Gasteiger partial charge in [-0.2, -0.15) is 0 Å². The molecule has 1 aromatic carbocycles.